The van der Waals surface area contributed by atoms with Gasteiger partial charge in [-0.25, -0.2) is 0 Å². The molecule has 5 heteroatoms. The van der Waals surface area contributed by atoms with E-state index in [4.69, 9.17) is 14.2 Å². The maximum atomic E-state index is 12.2. The molecule has 0 amide bonds. The Bertz CT molecular complexity index is 1020. The van der Waals surface area contributed by atoms with Gasteiger partial charge in [-0.05, 0) is 79.6 Å². The van der Waals surface area contributed by atoms with E-state index in [-0.39, 0.29) is 11.5 Å². The molecule has 3 aromatic rings. The van der Waals surface area contributed by atoms with Gasteiger partial charge in [0.25, 0.3) is 0 Å². The number of rotatable bonds is 10. The summed E-state index contributed by atoms with van der Waals surface area (Å²) < 4.78 is 17.1. The minimum Gasteiger partial charge on any atom is -0.508 e. The molecule has 0 saturated heterocycles. The van der Waals surface area contributed by atoms with E-state index in [1.54, 1.807) is 18.2 Å². The van der Waals surface area contributed by atoms with Crippen LogP contribution in [0.2, 0.25) is 0 Å². The number of hydrogen-bond donors (Lipinski definition) is 1. The summed E-state index contributed by atoms with van der Waals surface area (Å²) in [6.45, 7) is 5.43. The summed E-state index contributed by atoms with van der Waals surface area (Å²) in [6, 6.07) is 19.5. The van der Waals surface area contributed by atoms with E-state index in [9.17, 15) is 9.90 Å². The fraction of sp³-hybridized carbons (Fsp3) is 0.192. The number of ketones is 1. The van der Waals surface area contributed by atoms with Crippen molar-refractivity contribution in [3.05, 3.63) is 89.5 Å². The minimum absolute atomic E-state index is 0.124. The molecule has 31 heavy (non-hydrogen) atoms. The zero-order chi connectivity index (χ0) is 22.1. The molecule has 0 bridgehead atoms. The highest BCUT2D eigenvalue weighted by atomic mass is 16.5. The molecular weight excluding hydrogens is 392 g/mol. The Hall–Kier alpha value is -3.73. The summed E-state index contributed by atoms with van der Waals surface area (Å²) in [7, 11) is 0. The van der Waals surface area contributed by atoms with Crippen LogP contribution in [-0.2, 0) is 6.61 Å². The SMILES string of the molecule is CCOc1ccc(COc2ccc(/C=C/C(=O)c3ccc(O)cc3)cc2)cc1OCC. The van der Waals surface area contributed by atoms with Crippen molar-refractivity contribution in [1.82, 2.24) is 0 Å². The van der Waals surface area contributed by atoms with Crippen molar-refractivity contribution in [1.29, 1.82) is 0 Å². The van der Waals surface area contributed by atoms with E-state index in [0.29, 0.717) is 31.1 Å². The number of phenolic OH excluding ortho intramolecular Hbond substituents is 1. The molecular formula is C26H26O5. The Morgan fingerprint density at radius 2 is 1.52 bits per heavy atom. The second kappa shape index (κ2) is 10.9. The molecule has 0 heterocycles. The molecule has 5 nitrogen and oxygen atoms in total. The Balaban J connectivity index is 1.58. The van der Waals surface area contributed by atoms with Gasteiger partial charge >= 0.3 is 0 Å². The average Bonchev–Trinajstić information content (AvgIpc) is 2.79. The minimum atomic E-state index is -0.124. The number of carbonyl (C=O) groups is 1. The van der Waals surface area contributed by atoms with Gasteiger partial charge in [0.05, 0.1) is 13.2 Å². The van der Waals surface area contributed by atoms with Gasteiger partial charge in [-0.2, -0.15) is 0 Å². The normalized spacial score (nSPS) is 10.8. The quantitative estimate of drug-likeness (QED) is 0.340. The molecule has 0 unspecified atom stereocenters. The van der Waals surface area contributed by atoms with Gasteiger partial charge in [-0.15, -0.1) is 0 Å². The molecule has 3 aromatic carbocycles. The van der Waals surface area contributed by atoms with E-state index in [0.717, 1.165) is 22.6 Å². The third-order valence-corrected chi connectivity index (χ3v) is 4.47. The predicted octanol–water partition coefficient (Wildman–Crippen LogP) is 5.66. The van der Waals surface area contributed by atoms with Gasteiger partial charge in [0, 0.05) is 5.56 Å². The van der Waals surface area contributed by atoms with E-state index < -0.39 is 0 Å². The van der Waals surface area contributed by atoms with Gasteiger partial charge in [-0.3, -0.25) is 4.79 Å². The van der Waals surface area contributed by atoms with Crippen LogP contribution in [-0.4, -0.2) is 24.1 Å². The standard InChI is InChI=1S/C26H26O5/c1-3-29-25-16-8-20(17-26(25)30-4-2)18-31-23-13-5-19(6-14-23)7-15-24(28)21-9-11-22(27)12-10-21/h5-17,27H,3-4,18H2,1-2H3/b15-7+. The molecule has 3 rings (SSSR count). The Kier molecular flexibility index (Phi) is 7.71. The van der Waals surface area contributed by atoms with Crippen molar-refractivity contribution in [2.45, 2.75) is 20.5 Å². The highest BCUT2D eigenvalue weighted by Gasteiger charge is 2.07. The summed E-state index contributed by atoms with van der Waals surface area (Å²) in [4.78, 5) is 12.2. The number of hydrogen-bond acceptors (Lipinski definition) is 5. The molecule has 0 fully saturated rings. The maximum Gasteiger partial charge on any atom is 0.185 e. The number of carbonyl (C=O) groups excluding carboxylic acids is 1. The van der Waals surface area contributed by atoms with Crippen LogP contribution in [0.5, 0.6) is 23.0 Å². The van der Waals surface area contributed by atoms with E-state index in [2.05, 4.69) is 0 Å². The van der Waals surface area contributed by atoms with Crippen LogP contribution in [0.4, 0.5) is 0 Å². The molecule has 0 aliphatic heterocycles. The van der Waals surface area contributed by atoms with Crippen LogP contribution in [0.3, 0.4) is 0 Å². The van der Waals surface area contributed by atoms with Crippen molar-refractivity contribution < 1.29 is 24.1 Å². The first-order chi connectivity index (χ1) is 15.1. The summed E-state index contributed by atoms with van der Waals surface area (Å²) in [6.07, 6.45) is 3.26. The summed E-state index contributed by atoms with van der Waals surface area (Å²) in [5, 5.41) is 9.31. The first kappa shape index (κ1) is 22.0. The first-order valence-corrected chi connectivity index (χ1v) is 10.2. The van der Waals surface area contributed by atoms with Crippen LogP contribution in [0, 0.1) is 0 Å². The van der Waals surface area contributed by atoms with Crippen molar-refractivity contribution >= 4 is 11.9 Å². The summed E-state index contributed by atoms with van der Waals surface area (Å²) in [5.41, 5.74) is 2.39. The third kappa shape index (κ3) is 6.37. The lowest BCUT2D eigenvalue weighted by Gasteiger charge is -2.13. The van der Waals surface area contributed by atoms with Crippen LogP contribution < -0.4 is 14.2 Å². The Morgan fingerprint density at radius 3 is 2.19 bits per heavy atom. The van der Waals surface area contributed by atoms with Crippen LogP contribution in [0.25, 0.3) is 6.08 Å². The Morgan fingerprint density at radius 1 is 0.839 bits per heavy atom. The topological polar surface area (TPSA) is 65.0 Å². The van der Waals surface area contributed by atoms with Crippen LogP contribution in [0.1, 0.15) is 35.3 Å². The van der Waals surface area contributed by atoms with Crippen molar-refractivity contribution in [2.24, 2.45) is 0 Å². The summed E-state index contributed by atoms with van der Waals surface area (Å²) in [5.74, 6) is 2.18. The largest absolute Gasteiger partial charge is 0.508 e. The molecule has 0 aliphatic rings. The predicted molar refractivity (Wildman–Crippen MR) is 121 cm³/mol. The van der Waals surface area contributed by atoms with E-state index >= 15 is 0 Å². The number of ether oxygens (including phenoxy) is 3. The third-order valence-electron chi connectivity index (χ3n) is 4.47. The second-order valence-corrected chi connectivity index (χ2v) is 6.75. The van der Waals surface area contributed by atoms with Gasteiger partial charge in [0.15, 0.2) is 17.3 Å². The highest BCUT2D eigenvalue weighted by Crippen LogP contribution is 2.29. The molecule has 160 valence electrons. The number of allylic oxidation sites excluding steroid dienone is 1. The monoisotopic (exact) mass is 418 g/mol. The van der Waals surface area contributed by atoms with Crippen LogP contribution >= 0.6 is 0 Å². The lowest BCUT2D eigenvalue weighted by atomic mass is 10.1. The Labute approximate surface area is 182 Å². The maximum absolute atomic E-state index is 12.2. The lowest BCUT2D eigenvalue weighted by Crippen LogP contribution is -2.01. The number of benzene rings is 3. The highest BCUT2D eigenvalue weighted by molar-refractivity contribution is 6.06. The van der Waals surface area contributed by atoms with Gasteiger partial charge in [0.2, 0.25) is 0 Å². The fourth-order valence-electron chi connectivity index (χ4n) is 2.92. The molecule has 0 spiro atoms. The van der Waals surface area contributed by atoms with Gasteiger partial charge < -0.3 is 19.3 Å². The van der Waals surface area contributed by atoms with Crippen molar-refractivity contribution in [3.63, 3.8) is 0 Å². The summed E-state index contributed by atoms with van der Waals surface area (Å²) >= 11 is 0. The van der Waals surface area contributed by atoms with E-state index in [1.165, 1.54) is 18.2 Å². The van der Waals surface area contributed by atoms with Gasteiger partial charge in [0.1, 0.15) is 18.1 Å². The first-order valence-electron chi connectivity index (χ1n) is 10.2. The lowest BCUT2D eigenvalue weighted by molar-refractivity contribution is 0.104. The zero-order valence-electron chi connectivity index (χ0n) is 17.7. The van der Waals surface area contributed by atoms with Crippen molar-refractivity contribution in [2.75, 3.05) is 13.2 Å². The molecule has 0 aromatic heterocycles. The second-order valence-electron chi connectivity index (χ2n) is 6.75. The van der Waals surface area contributed by atoms with Crippen LogP contribution in [0.15, 0.2) is 72.8 Å². The van der Waals surface area contributed by atoms with Crippen molar-refractivity contribution in [3.8, 4) is 23.0 Å². The van der Waals surface area contributed by atoms with E-state index in [1.807, 2.05) is 56.3 Å². The zero-order valence-corrected chi connectivity index (χ0v) is 17.7. The molecule has 0 atom stereocenters. The molecule has 1 N–H and O–H groups in total. The smallest absolute Gasteiger partial charge is 0.185 e. The average molecular weight is 418 g/mol. The molecule has 0 aliphatic carbocycles. The number of phenols is 1. The fourth-order valence-corrected chi connectivity index (χ4v) is 2.92. The number of aromatic hydroxyl groups is 1. The van der Waals surface area contributed by atoms with Gasteiger partial charge in [-0.1, -0.05) is 24.3 Å². The molecule has 0 radical (unpaired) electrons. The molecule has 0 saturated carbocycles.